The van der Waals surface area contributed by atoms with Gasteiger partial charge in [-0.2, -0.15) is 0 Å². The molecule has 2 rings (SSSR count). The number of carbonyl (C=O) groups excluding carboxylic acids is 1. The van der Waals surface area contributed by atoms with Crippen LogP contribution in [0.4, 0.5) is 0 Å². The topological polar surface area (TPSA) is 80.7 Å². The maximum Gasteiger partial charge on any atom is 0.253 e. The summed E-state index contributed by atoms with van der Waals surface area (Å²) in [5.41, 5.74) is -0.125. The second kappa shape index (κ2) is 5.32. The molecule has 1 fully saturated rings. The molecule has 1 aromatic rings. The molecule has 6 nitrogen and oxygen atoms in total. The van der Waals surface area contributed by atoms with Crippen LogP contribution >= 0.6 is 0 Å². The van der Waals surface area contributed by atoms with Crippen LogP contribution in [0.15, 0.2) is 18.5 Å². The number of rotatable bonds is 4. The highest BCUT2D eigenvalue weighted by Gasteiger charge is 2.35. The van der Waals surface area contributed by atoms with Crippen LogP contribution in [0.25, 0.3) is 0 Å². The third-order valence-electron chi connectivity index (χ3n) is 3.06. The van der Waals surface area contributed by atoms with Crippen molar-refractivity contribution < 1.29 is 19.4 Å². The van der Waals surface area contributed by atoms with E-state index in [-0.39, 0.29) is 11.7 Å². The van der Waals surface area contributed by atoms with Crippen LogP contribution in [0.3, 0.4) is 0 Å². The molecule has 0 spiro atoms. The molecular weight excluding hydrogens is 236 g/mol. The molecule has 0 bridgehead atoms. The first-order chi connectivity index (χ1) is 8.65. The van der Waals surface area contributed by atoms with Crippen LogP contribution < -0.4 is 5.32 Å². The monoisotopic (exact) mass is 252 g/mol. The second-order valence-electron chi connectivity index (χ2n) is 4.30. The molecule has 1 aliphatic heterocycles. The zero-order valence-electron chi connectivity index (χ0n) is 10.2. The highest BCUT2D eigenvalue weighted by atomic mass is 16.5. The molecule has 0 radical (unpaired) electrons. The van der Waals surface area contributed by atoms with Gasteiger partial charge < -0.3 is 19.9 Å². The van der Waals surface area contributed by atoms with E-state index in [1.165, 1.54) is 18.5 Å². The third kappa shape index (κ3) is 2.77. The number of methoxy groups -OCH3 is 1. The lowest BCUT2D eigenvalue weighted by Gasteiger charge is -2.25. The lowest BCUT2D eigenvalue weighted by molar-refractivity contribution is -0.0148. The summed E-state index contributed by atoms with van der Waals surface area (Å²) in [6, 6.07) is 1.37. The van der Waals surface area contributed by atoms with Gasteiger partial charge in [0, 0.05) is 32.9 Å². The summed E-state index contributed by atoms with van der Waals surface area (Å²) in [6.07, 6.45) is 3.43. The van der Waals surface area contributed by atoms with Crippen LogP contribution in [0.5, 0.6) is 5.75 Å². The van der Waals surface area contributed by atoms with E-state index in [9.17, 15) is 9.90 Å². The lowest BCUT2D eigenvalue weighted by atomic mass is 10.0. The maximum absolute atomic E-state index is 11.9. The van der Waals surface area contributed by atoms with E-state index in [0.29, 0.717) is 25.3 Å². The number of aromatic nitrogens is 1. The van der Waals surface area contributed by atoms with Crippen molar-refractivity contribution in [2.75, 3.05) is 26.9 Å². The normalized spacial score (nSPS) is 22.9. The number of aromatic hydroxyl groups is 1. The standard InChI is InChI=1S/C12H16N2O4/c1-17-12(2-3-18-8-12)7-14-11(16)9-4-10(15)6-13-5-9/h4-6,15H,2-3,7-8H2,1H3,(H,14,16). The molecule has 98 valence electrons. The van der Waals surface area contributed by atoms with Crippen LogP contribution in [0, 0.1) is 0 Å². The molecule has 0 aromatic carbocycles. The van der Waals surface area contributed by atoms with Gasteiger partial charge in [-0.3, -0.25) is 9.78 Å². The number of pyridine rings is 1. The van der Waals surface area contributed by atoms with Crippen molar-refractivity contribution >= 4 is 5.91 Å². The Kier molecular flexibility index (Phi) is 3.78. The predicted octanol–water partition coefficient (Wildman–Crippen LogP) is 0.322. The number of hydrogen-bond acceptors (Lipinski definition) is 5. The quantitative estimate of drug-likeness (QED) is 0.806. The molecule has 2 N–H and O–H groups in total. The highest BCUT2D eigenvalue weighted by molar-refractivity contribution is 5.94. The number of carbonyl (C=O) groups is 1. The van der Waals surface area contributed by atoms with Crippen LogP contribution in [0.1, 0.15) is 16.8 Å². The maximum atomic E-state index is 11.9. The molecule has 1 amide bonds. The van der Waals surface area contributed by atoms with Gasteiger partial charge in [-0.05, 0) is 6.07 Å². The number of nitrogens with zero attached hydrogens (tertiary/aromatic N) is 1. The Hall–Kier alpha value is -1.66. The Labute approximate surface area is 105 Å². The molecule has 2 heterocycles. The van der Waals surface area contributed by atoms with Gasteiger partial charge in [0.05, 0.1) is 18.4 Å². The number of hydrogen-bond donors (Lipinski definition) is 2. The second-order valence-corrected chi connectivity index (χ2v) is 4.30. The smallest absolute Gasteiger partial charge is 0.253 e. The molecular formula is C12H16N2O4. The lowest BCUT2D eigenvalue weighted by Crippen LogP contribution is -2.45. The van der Waals surface area contributed by atoms with Crippen LogP contribution in [0.2, 0.25) is 0 Å². The van der Waals surface area contributed by atoms with Gasteiger partial charge in [0.25, 0.3) is 5.91 Å². The molecule has 0 saturated carbocycles. The molecule has 0 aliphatic carbocycles. The Bertz CT molecular complexity index is 430. The van der Waals surface area contributed by atoms with E-state index in [4.69, 9.17) is 9.47 Å². The highest BCUT2D eigenvalue weighted by Crippen LogP contribution is 2.21. The largest absolute Gasteiger partial charge is 0.506 e. The third-order valence-corrected chi connectivity index (χ3v) is 3.06. The van der Waals surface area contributed by atoms with Crippen LogP contribution in [-0.4, -0.2) is 48.5 Å². The van der Waals surface area contributed by atoms with E-state index >= 15 is 0 Å². The molecule has 1 saturated heterocycles. The molecule has 1 aromatic heterocycles. The SMILES string of the molecule is COC1(CNC(=O)c2cncc(O)c2)CCOC1. The first kappa shape index (κ1) is 12.8. The average molecular weight is 252 g/mol. The Morgan fingerprint density at radius 2 is 2.50 bits per heavy atom. The Morgan fingerprint density at radius 3 is 3.11 bits per heavy atom. The predicted molar refractivity (Wildman–Crippen MR) is 63.4 cm³/mol. The number of amides is 1. The van der Waals surface area contributed by atoms with Gasteiger partial charge in [-0.25, -0.2) is 0 Å². The van der Waals surface area contributed by atoms with Crippen molar-refractivity contribution in [1.29, 1.82) is 0 Å². The minimum absolute atomic E-state index is 0.0340. The fraction of sp³-hybridized carbons (Fsp3) is 0.500. The summed E-state index contributed by atoms with van der Waals surface area (Å²) >= 11 is 0. The van der Waals surface area contributed by atoms with E-state index in [2.05, 4.69) is 10.3 Å². The summed E-state index contributed by atoms with van der Waals surface area (Å²) < 4.78 is 10.7. The first-order valence-corrected chi connectivity index (χ1v) is 5.70. The summed E-state index contributed by atoms with van der Waals surface area (Å²) in [5.74, 6) is -0.324. The minimum Gasteiger partial charge on any atom is -0.506 e. The van der Waals surface area contributed by atoms with E-state index in [1.54, 1.807) is 7.11 Å². The number of ether oxygens (including phenoxy) is 2. The van der Waals surface area contributed by atoms with Crippen molar-refractivity contribution in [3.63, 3.8) is 0 Å². The molecule has 1 unspecified atom stereocenters. The molecule has 6 heteroatoms. The van der Waals surface area contributed by atoms with Crippen LogP contribution in [-0.2, 0) is 9.47 Å². The molecule has 18 heavy (non-hydrogen) atoms. The van der Waals surface area contributed by atoms with Crippen molar-refractivity contribution in [3.8, 4) is 5.75 Å². The van der Waals surface area contributed by atoms with Gasteiger partial charge in [0.15, 0.2) is 0 Å². The zero-order valence-corrected chi connectivity index (χ0v) is 10.2. The van der Waals surface area contributed by atoms with Gasteiger partial charge >= 0.3 is 0 Å². The molecule has 1 atom stereocenters. The van der Waals surface area contributed by atoms with Crippen molar-refractivity contribution in [1.82, 2.24) is 10.3 Å². The zero-order chi connectivity index (χ0) is 13.0. The minimum atomic E-state index is -0.445. The van der Waals surface area contributed by atoms with E-state index < -0.39 is 5.60 Å². The average Bonchev–Trinajstić information content (AvgIpc) is 2.85. The van der Waals surface area contributed by atoms with Gasteiger partial charge in [0.2, 0.25) is 0 Å². The Balaban J connectivity index is 1.96. The summed E-state index contributed by atoms with van der Waals surface area (Å²) in [7, 11) is 1.61. The fourth-order valence-electron chi connectivity index (χ4n) is 1.86. The van der Waals surface area contributed by atoms with Crippen molar-refractivity contribution in [2.45, 2.75) is 12.0 Å². The van der Waals surface area contributed by atoms with Gasteiger partial charge in [-0.15, -0.1) is 0 Å². The first-order valence-electron chi connectivity index (χ1n) is 5.70. The fourth-order valence-corrected chi connectivity index (χ4v) is 1.86. The number of nitrogens with one attached hydrogen (secondary N) is 1. The summed E-state index contributed by atoms with van der Waals surface area (Å²) in [6.45, 7) is 1.48. The molecule has 1 aliphatic rings. The van der Waals surface area contributed by atoms with Crippen molar-refractivity contribution in [3.05, 3.63) is 24.0 Å². The van der Waals surface area contributed by atoms with Gasteiger partial charge in [-0.1, -0.05) is 0 Å². The Morgan fingerprint density at radius 1 is 1.67 bits per heavy atom. The summed E-state index contributed by atoms with van der Waals surface area (Å²) in [4.78, 5) is 15.6. The van der Waals surface area contributed by atoms with Crippen molar-refractivity contribution in [2.24, 2.45) is 0 Å². The van der Waals surface area contributed by atoms with E-state index in [1.807, 2.05) is 0 Å². The van der Waals surface area contributed by atoms with E-state index in [0.717, 1.165) is 6.42 Å². The summed E-state index contributed by atoms with van der Waals surface area (Å²) in [5, 5.41) is 12.0. The van der Waals surface area contributed by atoms with Gasteiger partial charge in [0.1, 0.15) is 11.4 Å².